The summed E-state index contributed by atoms with van der Waals surface area (Å²) in [5.74, 6) is -0.291. The minimum atomic E-state index is -4.73. The summed E-state index contributed by atoms with van der Waals surface area (Å²) in [4.78, 5) is 5.03. The van der Waals surface area contributed by atoms with Crippen LogP contribution in [0, 0.1) is 6.92 Å². The predicted molar refractivity (Wildman–Crippen MR) is 76.7 cm³/mol. The van der Waals surface area contributed by atoms with Crippen molar-refractivity contribution in [1.82, 2.24) is 0 Å². The molecule has 2 aromatic rings. The molecule has 0 aliphatic heterocycles. The molecule has 3 nitrogen and oxygen atoms in total. The lowest BCUT2D eigenvalue weighted by Gasteiger charge is -2.12. The minimum absolute atomic E-state index is 0.116. The van der Waals surface area contributed by atoms with Crippen molar-refractivity contribution in [2.75, 3.05) is 0 Å². The molecule has 6 heteroatoms. The molecule has 0 heterocycles. The van der Waals surface area contributed by atoms with Crippen LogP contribution in [-0.2, 0) is 11.4 Å². The Morgan fingerprint density at radius 2 is 1.73 bits per heavy atom. The number of oxime groups is 1. The minimum Gasteiger partial charge on any atom is -0.405 e. The summed E-state index contributed by atoms with van der Waals surface area (Å²) in [7, 11) is 0. The Labute approximate surface area is 126 Å². The number of aryl methyl sites for hydroxylation is 1. The second-order valence-corrected chi connectivity index (χ2v) is 4.57. The molecule has 0 amide bonds. The van der Waals surface area contributed by atoms with Gasteiger partial charge in [-0.25, -0.2) is 0 Å². The lowest BCUT2D eigenvalue weighted by molar-refractivity contribution is -0.275. The molecule has 2 rings (SSSR count). The number of halogens is 3. The van der Waals surface area contributed by atoms with Gasteiger partial charge in [-0.05, 0) is 18.6 Å². The van der Waals surface area contributed by atoms with E-state index in [0.717, 1.165) is 11.1 Å². The van der Waals surface area contributed by atoms with Crippen molar-refractivity contribution < 1.29 is 22.7 Å². The highest BCUT2D eigenvalue weighted by Crippen LogP contribution is 2.26. The van der Waals surface area contributed by atoms with Gasteiger partial charge in [0.2, 0.25) is 0 Å². The van der Waals surface area contributed by atoms with Gasteiger partial charge in [-0.2, -0.15) is 0 Å². The molecule has 0 fully saturated rings. The Morgan fingerprint density at radius 3 is 2.41 bits per heavy atom. The van der Waals surface area contributed by atoms with Crippen LogP contribution < -0.4 is 4.74 Å². The van der Waals surface area contributed by atoms with Gasteiger partial charge in [0.1, 0.15) is 12.4 Å². The van der Waals surface area contributed by atoms with E-state index in [9.17, 15) is 13.2 Å². The van der Waals surface area contributed by atoms with E-state index in [1.807, 2.05) is 31.2 Å². The normalized spacial score (nSPS) is 11.6. The molecule has 0 spiro atoms. The SMILES string of the molecule is Cc1ccc(C=NOCc2ccccc2OC(F)(F)F)cc1. The third-order valence-corrected chi connectivity index (χ3v) is 2.77. The first-order valence-corrected chi connectivity index (χ1v) is 6.50. The van der Waals surface area contributed by atoms with E-state index in [1.165, 1.54) is 24.4 Å². The molecule has 0 bridgehead atoms. The summed E-state index contributed by atoms with van der Waals surface area (Å²) in [5, 5.41) is 3.74. The van der Waals surface area contributed by atoms with Gasteiger partial charge >= 0.3 is 6.36 Å². The summed E-state index contributed by atoms with van der Waals surface area (Å²) in [5.41, 5.74) is 2.22. The molecule has 0 aliphatic rings. The maximum atomic E-state index is 12.3. The molecule has 0 saturated carbocycles. The Bertz CT molecular complexity index is 637. The Balaban J connectivity index is 1.95. The van der Waals surface area contributed by atoms with Gasteiger partial charge in [0.05, 0.1) is 6.21 Å². The van der Waals surface area contributed by atoms with E-state index < -0.39 is 6.36 Å². The first-order chi connectivity index (χ1) is 10.4. The fourth-order valence-electron chi connectivity index (χ4n) is 1.70. The summed E-state index contributed by atoms with van der Waals surface area (Å²) < 4.78 is 40.7. The lowest BCUT2D eigenvalue weighted by Crippen LogP contribution is -2.18. The molecule has 0 atom stereocenters. The van der Waals surface area contributed by atoms with Crippen molar-refractivity contribution in [3.63, 3.8) is 0 Å². The standard InChI is InChI=1S/C16H14F3NO2/c1-12-6-8-13(9-7-12)10-20-21-11-14-4-2-3-5-15(14)22-16(17,18)19/h2-10H,11H2,1H3. The highest BCUT2D eigenvalue weighted by Gasteiger charge is 2.32. The highest BCUT2D eigenvalue weighted by molar-refractivity contribution is 5.79. The van der Waals surface area contributed by atoms with Crippen molar-refractivity contribution in [2.24, 2.45) is 5.16 Å². The third kappa shape index (κ3) is 5.12. The molecule has 116 valence electrons. The van der Waals surface area contributed by atoms with Crippen LogP contribution in [0.3, 0.4) is 0 Å². The van der Waals surface area contributed by atoms with Crippen LogP contribution >= 0.6 is 0 Å². The van der Waals surface area contributed by atoms with Crippen LogP contribution in [0.5, 0.6) is 5.75 Å². The van der Waals surface area contributed by atoms with E-state index in [0.29, 0.717) is 0 Å². The van der Waals surface area contributed by atoms with Crippen molar-refractivity contribution in [2.45, 2.75) is 19.9 Å². The third-order valence-electron chi connectivity index (χ3n) is 2.77. The molecule has 0 radical (unpaired) electrons. The van der Waals surface area contributed by atoms with Crippen LogP contribution in [0.4, 0.5) is 13.2 Å². The van der Waals surface area contributed by atoms with E-state index in [-0.39, 0.29) is 17.9 Å². The second kappa shape index (κ2) is 6.98. The average molecular weight is 309 g/mol. The number of rotatable bonds is 5. The lowest BCUT2D eigenvalue weighted by atomic mass is 10.2. The average Bonchev–Trinajstić information content (AvgIpc) is 2.45. The molecule has 0 aliphatic carbocycles. The van der Waals surface area contributed by atoms with E-state index in [1.54, 1.807) is 6.07 Å². The largest absolute Gasteiger partial charge is 0.573 e. The molecule has 0 saturated heterocycles. The van der Waals surface area contributed by atoms with E-state index >= 15 is 0 Å². The van der Waals surface area contributed by atoms with Crippen molar-refractivity contribution in [3.8, 4) is 5.75 Å². The first kappa shape index (κ1) is 15.9. The van der Waals surface area contributed by atoms with Gasteiger partial charge in [-0.1, -0.05) is 53.2 Å². The number of benzene rings is 2. The van der Waals surface area contributed by atoms with Gasteiger partial charge in [-0.15, -0.1) is 13.2 Å². The highest BCUT2D eigenvalue weighted by atomic mass is 19.4. The zero-order valence-corrected chi connectivity index (χ0v) is 11.8. The fraction of sp³-hybridized carbons (Fsp3) is 0.188. The predicted octanol–water partition coefficient (Wildman–Crippen LogP) is 4.44. The van der Waals surface area contributed by atoms with Crippen molar-refractivity contribution in [3.05, 3.63) is 65.2 Å². The van der Waals surface area contributed by atoms with Gasteiger partial charge in [0.15, 0.2) is 0 Å². The molecule has 0 unspecified atom stereocenters. The summed E-state index contributed by atoms with van der Waals surface area (Å²) >= 11 is 0. The van der Waals surface area contributed by atoms with E-state index in [4.69, 9.17) is 4.84 Å². The topological polar surface area (TPSA) is 30.8 Å². The number of ether oxygens (including phenoxy) is 1. The summed E-state index contributed by atoms with van der Waals surface area (Å²) in [6.45, 7) is 1.85. The Morgan fingerprint density at radius 1 is 1.05 bits per heavy atom. The summed E-state index contributed by atoms with van der Waals surface area (Å²) in [6.07, 6.45) is -3.24. The summed E-state index contributed by atoms with van der Waals surface area (Å²) in [6, 6.07) is 13.4. The number of para-hydroxylation sites is 1. The Hall–Kier alpha value is -2.50. The molecular formula is C16H14F3NO2. The van der Waals surface area contributed by atoms with Crippen molar-refractivity contribution in [1.29, 1.82) is 0 Å². The zero-order valence-electron chi connectivity index (χ0n) is 11.8. The van der Waals surface area contributed by atoms with Gasteiger partial charge in [-0.3, -0.25) is 0 Å². The number of hydrogen-bond acceptors (Lipinski definition) is 3. The van der Waals surface area contributed by atoms with Crippen LogP contribution in [0.2, 0.25) is 0 Å². The quantitative estimate of drug-likeness (QED) is 0.603. The second-order valence-electron chi connectivity index (χ2n) is 4.57. The Kier molecular flexibility index (Phi) is 5.04. The van der Waals surface area contributed by atoms with Crippen LogP contribution in [0.1, 0.15) is 16.7 Å². The van der Waals surface area contributed by atoms with Gasteiger partial charge in [0.25, 0.3) is 0 Å². The molecule has 0 aromatic heterocycles. The van der Waals surface area contributed by atoms with Crippen molar-refractivity contribution >= 4 is 6.21 Å². The van der Waals surface area contributed by atoms with Gasteiger partial charge in [0, 0.05) is 5.56 Å². The maximum absolute atomic E-state index is 12.3. The number of alkyl halides is 3. The monoisotopic (exact) mass is 309 g/mol. The number of hydrogen-bond donors (Lipinski definition) is 0. The first-order valence-electron chi connectivity index (χ1n) is 6.50. The van der Waals surface area contributed by atoms with Crippen LogP contribution in [0.25, 0.3) is 0 Å². The van der Waals surface area contributed by atoms with Crippen LogP contribution in [-0.4, -0.2) is 12.6 Å². The number of nitrogens with zero attached hydrogens (tertiary/aromatic N) is 1. The van der Waals surface area contributed by atoms with Gasteiger partial charge < -0.3 is 9.57 Å². The molecule has 22 heavy (non-hydrogen) atoms. The molecule has 0 N–H and O–H groups in total. The van der Waals surface area contributed by atoms with E-state index in [2.05, 4.69) is 9.89 Å². The smallest absolute Gasteiger partial charge is 0.405 e. The fourth-order valence-corrected chi connectivity index (χ4v) is 1.70. The molecule has 2 aromatic carbocycles. The maximum Gasteiger partial charge on any atom is 0.573 e. The zero-order chi connectivity index (χ0) is 16.0. The molecular weight excluding hydrogens is 295 g/mol. The van der Waals surface area contributed by atoms with Crippen LogP contribution in [0.15, 0.2) is 53.7 Å².